The van der Waals surface area contributed by atoms with Crippen LogP contribution in [0.15, 0.2) is 4.99 Å². The molecule has 0 aliphatic carbocycles. The van der Waals surface area contributed by atoms with Gasteiger partial charge < -0.3 is 20.4 Å². The standard InChI is InChI=1S/C12H27N5.HI/c1-13-12(14-2)15-6-4-8-17-9-5-7-16(3)10-11-17;/h4-11H2,1-3H3,(H2,13,14,15);1H. The molecule has 0 aromatic rings. The number of nitrogens with one attached hydrogen (secondary N) is 2. The topological polar surface area (TPSA) is 42.9 Å². The van der Waals surface area contributed by atoms with Crippen molar-refractivity contribution in [1.29, 1.82) is 0 Å². The van der Waals surface area contributed by atoms with Gasteiger partial charge in [0.2, 0.25) is 0 Å². The summed E-state index contributed by atoms with van der Waals surface area (Å²) in [6.45, 7) is 7.05. The van der Waals surface area contributed by atoms with Crippen molar-refractivity contribution in [3.8, 4) is 0 Å². The number of halogens is 1. The molecule has 0 amide bonds. The zero-order valence-electron chi connectivity index (χ0n) is 11.9. The quantitative estimate of drug-likeness (QED) is 0.327. The summed E-state index contributed by atoms with van der Waals surface area (Å²) >= 11 is 0. The maximum absolute atomic E-state index is 4.09. The van der Waals surface area contributed by atoms with Crippen LogP contribution in [0.2, 0.25) is 0 Å². The molecule has 0 bridgehead atoms. The van der Waals surface area contributed by atoms with Gasteiger partial charge in [-0.1, -0.05) is 0 Å². The molecule has 0 saturated carbocycles. The fraction of sp³-hybridized carbons (Fsp3) is 0.917. The number of hydrogen-bond donors (Lipinski definition) is 2. The van der Waals surface area contributed by atoms with Gasteiger partial charge in [0.05, 0.1) is 0 Å². The molecule has 1 saturated heterocycles. The van der Waals surface area contributed by atoms with Crippen LogP contribution in [-0.4, -0.2) is 76.2 Å². The minimum absolute atomic E-state index is 0. The van der Waals surface area contributed by atoms with Crippen molar-refractivity contribution < 1.29 is 0 Å². The minimum Gasteiger partial charge on any atom is -0.359 e. The molecular weight excluding hydrogens is 341 g/mol. The Hall–Kier alpha value is -0.0800. The Balaban J connectivity index is 0.00000289. The largest absolute Gasteiger partial charge is 0.359 e. The van der Waals surface area contributed by atoms with E-state index in [-0.39, 0.29) is 24.0 Å². The van der Waals surface area contributed by atoms with Crippen molar-refractivity contribution in [2.75, 3.05) is 60.4 Å². The Kier molecular flexibility index (Phi) is 10.8. The predicted molar refractivity (Wildman–Crippen MR) is 89.0 cm³/mol. The van der Waals surface area contributed by atoms with Crippen LogP contribution < -0.4 is 10.6 Å². The summed E-state index contributed by atoms with van der Waals surface area (Å²) in [4.78, 5) is 9.07. The van der Waals surface area contributed by atoms with E-state index in [1.165, 1.54) is 45.6 Å². The van der Waals surface area contributed by atoms with Gasteiger partial charge in [-0.25, -0.2) is 0 Å². The summed E-state index contributed by atoms with van der Waals surface area (Å²) in [7, 11) is 5.89. The lowest BCUT2D eigenvalue weighted by Crippen LogP contribution is -2.37. The number of rotatable bonds is 4. The van der Waals surface area contributed by atoms with Crippen LogP contribution in [0.3, 0.4) is 0 Å². The van der Waals surface area contributed by atoms with E-state index in [1.54, 1.807) is 7.05 Å². The second-order valence-corrected chi connectivity index (χ2v) is 4.60. The Labute approximate surface area is 128 Å². The van der Waals surface area contributed by atoms with Gasteiger partial charge in [-0.3, -0.25) is 4.99 Å². The van der Waals surface area contributed by atoms with E-state index in [9.17, 15) is 0 Å². The van der Waals surface area contributed by atoms with E-state index in [0.29, 0.717) is 0 Å². The summed E-state index contributed by atoms with van der Waals surface area (Å²) in [5.74, 6) is 0.876. The molecule has 0 aromatic heterocycles. The Bertz CT molecular complexity index is 235. The predicted octanol–water partition coefficient (Wildman–Crippen LogP) is 0.427. The Morgan fingerprint density at radius 1 is 1.22 bits per heavy atom. The molecule has 0 aromatic carbocycles. The van der Waals surface area contributed by atoms with Crippen LogP contribution in [0.4, 0.5) is 0 Å². The molecule has 5 nitrogen and oxygen atoms in total. The summed E-state index contributed by atoms with van der Waals surface area (Å²) in [6.07, 6.45) is 2.46. The highest BCUT2D eigenvalue weighted by atomic mass is 127. The molecule has 18 heavy (non-hydrogen) atoms. The van der Waals surface area contributed by atoms with Gasteiger partial charge in [0.1, 0.15) is 0 Å². The van der Waals surface area contributed by atoms with Gasteiger partial charge >= 0.3 is 0 Å². The third-order valence-electron chi connectivity index (χ3n) is 3.22. The summed E-state index contributed by atoms with van der Waals surface area (Å²) in [6, 6.07) is 0. The maximum Gasteiger partial charge on any atom is 0.190 e. The molecular formula is C12H28IN5. The van der Waals surface area contributed by atoms with Gasteiger partial charge in [0, 0.05) is 33.7 Å². The van der Waals surface area contributed by atoms with Crippen molar-refractivity contribution in [2.24, 2.45) is 4.99 Å². The fourth-order valence-electron chi connectivity index (χ4n) is 2.11. The first kappa shape index (κ1) is 17.9. The van der Waals surface area contributed by atoms with E-state index < -0.39 is 0 Å². The van der Waals surface area contributed by atoms with Crippen molar-refractivity contribution >= 4 is 29.9 Å². The zero-order chi connectivity index (χ0) is 12.5. The van der Waals surface area contributed by atoms with Crippen LogP contribution in [0.5, 0.6) is 0 Å². The highest BCUT2D eigenvalue weighted by Crippen LogP contribution is 2.01. The second-order valence-electron chi connectivity index (χ2n) is 4.60. The molecule has 0 radical (unpaired) electrons. The van der Waals surface area contributed by atoms with Gasteiger partial charge in [0.15, 0.2) is 5.96 Å². The van der Waals surface area contributed by atoms with Crippen molar-refractivity contribution in [3.63, 3.8) is 0 Å². The van der Waals surface area contributed by atoms with Gasteiger partial charge in [0.25, 0.3) is 0 Å². The summed E-state index contributed by atoms with van der Waals surface area (Å²) in [5.41, 5.74) is 0. The van der Waals surface area contributed by atoms with Crippen LogP contribution in [0, 0.1) is 0 Å². The van der Waals surface area contributed by atoms with Crippen LogP contribution >= 0.6 is 24.0 Å². The van der Waals surface area contributed by atoms with Crippen molar-refractivity contribution in [3.05, 3.63) is 0 Å². The first-order valence-electron chi connectivity index (χ1n) is 6.55. The van der Waals surface area contributed by atoms with Crippen molar-refractivity contribution in [1.82, 2.24) is 20.4 Å². The highest BCUT2D eigenvalue weighted by Gasteiger charge is 2.10. The maximum atomic E-state index is 4.09. The average Bonchev–Trinajstić information content (AvgIpc) is 2.55. The van der Waals surface area contributed by atoms with Crippen molar-refractivity contribution in [2.45, 2.75) is 12.8 Å². The summed E-state index contributed by atoms with van der Waals surface area (Å²) in [5, 5.41) is 6.31. The third kappa shape index (κ3) is 7.38. The zero-order valence-corrected chi connectivity index (χ0v) is 14.2. The van der Waals surface area contributed by atoms with E-state index >= 15 is 0 Å². The molecule has 1 aliphatic heterocycles. The molecule has 0 atom stereocenters. The molecule has 108 valence electrons. The monoisotopic (exact) mass is 369 g/mol. The number of likely N-dealkylation sites (N-methyl/N-ethyl adjacent to an activating group) is 1. The average molecular weight is 369 g/mol. The lowest BCUT2D eigenvalue weighted by atomic mass is 10.3. The van der Waals surface area contributed by atoms with E-state index in [1.807, 2.05) is 7.05 Å². The van der Waals surface area contributed by atoms with Crippen LogP contribution in [0.1, 0.15) is 12.8 Å². The van der Waals surface area contributed by atoms with E-state index in [2.05, 4.69) is 32.5 Å². The third-order valence-corrected chi connectivity index (χ3v) is 3.22. The highest BCUT2D eigenvalue weighted by molar-refractivity contribution is 14.0. The first-order chi connectivity index (χ1) is 8.26. The lowest BCUT2D eigenvalue weighted by Gasteiger charge is -2.20. The lowest BCUT2D eigenvalue weighted by molar-refractivity contribution is 0.274. The van der Waals surface area contributed by atoms with E-state index in [0.717, 1.165) is 12.5 Å². The molecule has 2 N–H and O–H groups in total. The molecule has 1 rings (SSSR count). The first-order valence-corrected chi connectivity index (χ1v) is 6.55. The number of guanidine groups is 1. The second kappa shape index (κ2) is 10.8. The van der Waals surface area contributed by atoms with E-state index in [4.69, 9.17) is 0 Å². The molecule has 0 spiro atoms. The normalized spacial score (nSPS) is 18.9. The molecule has 1 fully saturated rings. The number of nitrogens with zero attached hydrogens (tertiary/aromatic N) is 3. The van der Waals surface area contributed by atoms with Gasteiger partial charge in [-0.05, 0) is 39.5 Å². The number of hydrogen-bond acceptors (Lipinski definition) is 3. The fourth-order valence-corrected chi connectivity index (χ4v) is 2.11. The van der Waals surface area contributed by atoms with Gasteiger partial charge in [-0.15, -0.1) is 24.0 Å². The Morgan fingerprint density at radius 3 is 2.67 bits per heavy atom. The van der Waals surface area contributed by atoms with Gasteiger partial charge in [-0.2, -0.15) is 0 Å². The summed E-state index contributed by atoms with van der Waals surface area (Å²) < 4.78 is 0. The molecule has 6 heteroatoms. The number of aliphatic imine (C=N–C) groups is 1. The smallest absolute Gasteiger partial charge is 0.190 e. The van der Waals surface area contributed by atoms with Crippen LogP contribution in [-0.2, 0) is 0 Å². The molecule has 1 heterocycles. The SMILES string of the molecule is CN=C(NC)NCCCN1CCCN(C)CC1.I. The van der Waals surface area contributed by atoms with Crippen LogP contribution in [0.25, 0.3) is 0 Å². The molecule has 0 unspecified atom stereocenters. The molecule has 1 aliphatic rings. The minimum atomic E-state index is 0. The Morgan fingerprint density at radius 2 is 2.00 bits per heavy atom.